The average molecular weight is 1030 g/mol. The van der Waals surface area contributed by atoms with Gasteiger partial charge in [-0.25, -0.2) is 0 Å². The fraction of sp³-hybridized carbons (Fsp3) is 0.151. The van der Waals surface area contributed by atoms with Crippen LogP contribution in [0, 0.1) is 20.8 Å². The molecule has 0 unspecified atom stereocenters. The Morgan fingerprint density at radius 2 is 0.722 bits per heavy atom. The van der Waals surface area contributed by atoms with Crippen molar-refractivity contribution in [2.75, 3.05) is 9.80 Å². The molecule has 0 fully saturated rings. The summed E-state index contributed by atoms with van der Waals surface area (Å²) in [5.74, 6) is 0. The van der Waals surface area contributed by atoms with Crippen molar-refractivity contribution in [3.8, 4) is 0 Å². The van der Waals surface area contributed by atoms with Crippen LogP contribution in [-0.2, 0) is 10.8 Å². The van der Waals surface area contributed by atoms with Gasteiger partial charge in [0.15, 0.2) is 22.3 Å². The van der Waals surface area contributed by atoms with Crippen molar-refractivity contribution in [1.82, 2.24) is 0 Å². The van der Waals surface area contributed by atoms with E-state index < -0.39 is 0 Å². The zero-order valence-electron chi connectivity index (χ0n) is 45.9. The minimum Gasteiger partial charge on any atom is -0.454 e. The van der Waals surface area contributed by atoms with E-state index in [1.54, 1.807) is 0 Å². The third-order valence-corrected chi connectivity index (χ3v) is 16.6. The van der Waals surface area contributed by atoms with Crippen molar-refractivity contribution in [2.24, 2.45) is 0 Å². The highest BCUT2D eigenvalue weighted by molar-refractivity contribution is 6.23. The molecule has 0 bridgehead atoms. The van der Waals surface area contributed by atoms with Gasteiger partial charge in [-0.05, 0) is 149 Å². The van der Waals surface area contributed by atoms with Crippen LogP contribution in [0.15, 0.2) is 206 Å². The Labute approximate surface area is 457 Å². The summed E-state index contributed by atoms with van der Waals surface area (Å²) in [6, 6.07) is 67.9. The molecule has 79 heavy (non-hydrogen) atoms. The summed E-state index contributed by atoms with van der Waals surface area (Å²) < 4.78 is 28.0. The van der Waals surface area contributed by atoms with E-state index in [0.29, 0.717) is 0 Å². The third-order valence-electron chi connectivity index (χ3n) is 16.6. The fourth-order valence-corrected chi connectivity index (χ4v) is 12.7. The Balaban J connectivity index is 0.865. The number of anilines is 6. The largest absolute Gasteiger partial charge is 0.454 e. The lowest BCUT2D eigenvalue weighted by atomic mass is 9.86. The van der Waals surface area contributed by atoms with Crippen LogP contribution < -0.4 is 9.80 Å². The third kappa shape index (κ3) is 7.16. The van der Waals surface area contributed by atoms with Crippen LogP contribution in [0.3, 0.4) is 0 Å². The van der Waals surface area contributed by atoms with Crippen LogP contribution >= 0.6 is 0 Å². The van der Waals surface area contributed by atoms with Crippen LogP contribution in [0.5, 0.6) is 0 Å². The maximum absolute atomic E-state index is 7.01. The molecule has 11 aromatic carbocycles. The van der Waals surface area contributed by atoms with Gasteiger partial charge in [0.1, 0.15) is 22.3 Å². The summed E-state index contributed by atoms with van der Waals surface area (Å²) in [4.78, 5) is 4.69. The van der Waals surface area contributed by atoms with Crippen molar-refractivity contribution >= 4 is 143 Å². The van der Waals surface area contributed by atoms with E-state index >= 15 is 0 Å². The first-order valence-corrected chi connectivity index (χ1v) is 27.5. The van der Waals surface area contributed by atoms with Crippen molar-refractivity contribution in [3.05, 3.63) is 216 Å². The predicted molar refractivity (Wildman–Crippen MR) is 332 cm³/mol. The minimum absolute atomic E-state index is 0.0875. The average Bonchev–Trinajstić information content (AvgIpc) is 4.39. The van der Waals surface area contributed by atoms with Gasteiger partial charge in [0.25, 0.3) is 0 Å². The topological polar surface area (TPSA) is 59.0 Å². The number of furan rings is 4. The lowest BCUT2D eigenvalue weighted by Crippen LogP contribution is -2.11. The number of aryl methyl sites for hydroxylation is 3. The number of para-hydroxylation sites is 6. The van der Waals surface area contributed by atoms with Gasteiger partial charge < -0.3 is 27.5 Å². The summed E-state index contributed by atoms with van der Waals surface area (Å²) in [6.07, 6.45) is 0. The predicted octanol–water partition coefficient (Wildman–Crippen LogP) is 22.1. The van der Waals surface area contributed by atoms with Crippen molar-refractivity contribution < 1.29 is 17.7 Å². The van der Waals surface area contributed by atoms with E-state index in [1.807, 2.05) is 0 Å². The maximum atomic E-state index is 7.01. The van der Waals surface area contributed by atoms with Crippen molar-refractivity contribution in [1.29, 1.82) is 0 Å². The molecule has 0 saturated heterocycles. The molecule has 6 heteroatoms. The molecule has 15 rings (SSSR count). The molecule has 0 atom stereocenters. The first-order valence-electron chi connectivity index (χ1n) is 27.5. The van der Waals surface area contributed by atoms with Crippen molar-refractivity contribution in [2.45, 2.75) is 73.1 Å². The lowest BCUT2D eigenvalue weighted by molar-refractivity contribution is 0.572. The zero-order chi connectivity index (χ0) is 53.8. The monoisotopic (exact) mass is 1030 g/mol. The molecule has 0 aliphatic heterocycles. The van der Waals surface area contributed by atoms with Crippen LogP contribution in [0.4, 0.5) is 34.1 Å². The second kappa shape index (κ2) is 16.9. The Hall–Kier alpha value is -9.26. The normalized spacial score (nSPS) is 12.6. The van der Waals surface area contributed by atoms with Crippen LogP contribution in [0.2, 0.25) is 0 Å². The van der Waals surface area contributed by atoms with E-state index in [1.165, 1.54) is 11.1 Å². The Morgan fingerprint density at radius 1 is 0.291 bits per heavy atom. The molecule has 4 aromatic heterocycles. The number of hydrogen-bond donors (Lipinski definition) is 0. The molecule has 0 amide bonds. The van der Waals surface area contributed by atoms with Gasteiger partial charge in [-0.15, -0.1) is 0 Å². The van der Waals surface area contributed by atoms with Gasteiger partial charge in [-0.2, -0.15) is 0 Å². The number of hydrogen-bond acceptors (Lipinski definition) is 6. The smallest absolute Gasteiger partial charge is 0.178 e. The number of rotatable bonds is 6. The highest BCUT2D eigenvalue weighted by atomic mass is 16.4. The molecule has 0 spiro atoms. The molecule has 384 valence electrons. The summed E-state index contributed by atoms with van der Waals surface area (Å²) >= 11 is 0. The standard InChI is InChI=1S/C73H58N2O4/c1-41-18-10-12-26-59(41)74(61-28-16-22-52-50-20-14-24-57(72(4,5)6)66(50)78-68(52)61)48-32-30-44-37-54-55-34-43(3)65-56-38-45-31-33-49(36-47(45)40-64(56)77-71(65)70(55)76-63(54)39-46(44)35-48)75(60-27-13-11-19-42(60)2)62-29-17-23-53-51-21-15-25-58(73(7,8)9)67(51)79-69(53)62/h10-40H,1-9H3. The zero-order valence-corrected chi connectivity index (χ0v) is 45.9. The molecular formula is C73H58N2O4. The van der Waals surface area contributed by atoms with Gasteiger partial charge in [0.2, 0.25) is 0 Å². The Bertz CT molecular complexity index is 5050. The summed E-state index contributed by atoms with van der Waals surface area (Å²) in [7, 11) is 0. The van der Waals surface area contributed by atoms with Gasteiger partial charge in [-0.1, -0.05) is 151 Å². The Morgan fingerprint density at radius 3 is 1.22 bits per heavy atom. The molecule has 6 nitrogen and oxygen atoms in total. The van der Waals surface area contributed by atoms with E-state index in [2.05, 4.69) is 260 Å². The van der Waals surface area contributed by atoms with Crippen LogP contribution in [0.25, 0.3) is 109 Å². The van der Waals surface area contributed by atoms with Gasteiger partial charge in [-0.3, -0.25) is 0 Å². The molecule has 0 N–H and O–H groups in total. The van der Waals surface area contributed by atoms with E-state index in [0.717, 1.165) is 160 Å². The first-order chi connectivity index (χ1) is 38.2. The second-order valence-corrected chi connectivity index (χ2v) is 23.9. The summed E-state index contributed by atoms with van der Waals surface area (Å²) in [6.45, 7) is 20.0. The van der Waals surface area contributed by atoms with Crippen LogP contribution in [-0.4, -0.2) is 0 Å². The summed E-state index contributed by atoms with van der Waals surface area (Å²) in [5, 5.41) is 13.0. The van der Waals surface area contributed by atoms with Gasteiger partial charge in [0, 0.05) is 77.0 Å². The molecular weight excluding hydrogens is 969 g/mol. The Kier molecular flexibility index (Phi) is 10.0. The minimum atomic E-state index is -0.0877. The molecule has 15 aromatic rings. The van der Waals surface area contributed by atoms with E-state index in [4.69, 9.17) is 17.7 Å². The highest BCUT2D eigenvalue weighted by Gasteiger charge is 2.28. The fourth-order valence-electron chi connectivity index (χ4n) is 12.7. The SMILES string of the molecule is Cc1ccccc1N(c1ccc2cc3c(cc2c1)oc1c3cc(C)c2c3cc4ccc(N(c5ccccc5C)c5cccc6c5oc5c(C(C)(C)C)cccc56)cc4cc3oc12)c1cccc2c1oc1c(C(C)(C)C)cccc12. The summed E-state index contributed by atoms with van der Waals surface area (Å²) in [5.41, 5.74) is 18.6. The number of benzene rings is 11. The van der Waals surface area contributed by atoms with Crippen molar-refractivity contribution in [3.63, 3.8) is 0 Å². The van der Waals surface area contributed by atoms with Gasteiger partial charge in [0.05, 0.1) is 11.4 Å². The molecule has 0 aliphatic carbocycles. The van der Waals surface area contributed by atoms with Gasteiger partial charge >= 0.3 is 0 Å². The maximum Gasteiger partial charge on any atom is 0.178 e. The quantitative estimate of drug-likeness (QED) is 0.165. The molecule has 0 radical (unpaired) electrons. The van der Waals surface area contributed by atoms with E-state index in [9.17, 15) is 0 Å². The number of fused-ring (bicyclic) bond motifs is 15. The lowest BCUT2D eigenvalue weighted by Gasteiger charge is -2.27. The van der Waals surface area contributed by atoms with Crippen LogP contribution in [0.1, 0.15) is 69.4 Å². The molecule has 0 saturated carbocycles. The van der Waals surface area contributed by atoms with E-state index in [-0.39, 0.29) is 10.8 Å². The number of nitrogens with zero attached hydrogens (tertiary/aromatic N) is 2. The first kappa shape index (κ1) is 47.0. The molecule has 0 aliphatic rings. The second-order valence-electron chi connectivity index (χ2n) is 23.9. The molecule has 4 heterocycles. The highest BCUT2D eigenvalue weighted by Crippen LogP contribution is 2.49.